The highest BCUT2D eigenvalue weighted by molar-refractivity contribution is 7.86. The molecular weight excluding hydrogens is 592 g/mol. The average molecular weight is 626 g/mol. The normalized spacial score (nSPS) is 15.6. The summed E-state index contributed by atoms with van der Waals surface area (Å²) in [6, 6.07) is 22.8. The molecule has 226 valence electrons. The molecule has 0 spiro atoms. The number of benzene rings is 3. The largest absolute Gasteiger partial charge is 0.439 e. The van der Waals surface area contributed by atoms with Gasteiger partial charge in [0.1, 0.15) is 5.25 Å². The summed E-state index contributed by atoms with van der Waals surface area (Å²) in [4.78, 5) is 1.74. The van der Waals surface area contributed by atoms with E-state index in [0.717, 1.165) is 22.2 Å². The van der Waals surface area contributed by atoms with E-state index >= 15 is 0 Å². The standard InChI is InChI=1S/C31H32N2O8S2/c1-3-23(18-30-32(16-9-17-42(34,35)36)26-12-7-8-13-28(26)40-30)19-31-33(21-22(2)43(37,38)39)27-20-25(14-15-29(27)41-31)24-10-5-4-6-11-24/h4-8,10-15,18-20,22H,3,9,16-17,21H2,1-2H3,(H-,34,35,36,37,38,39)/p+1. The Bertz CT molecular complexity index is 1910. The van der Waals surface area contributed by atoms with Gasteiger partial charge in [0.15, 0.2) is 12.3 Å². The fraction of sp³-hybridized carbons (Fsp3) is 0.258. The third-order valence-electron chi connectivity index (χ3n) is 7.23. The predicted octanol–water partition coefficient (Wildman–Crippen LogP) is 5.48. The van der Waals surface area contributed by atoms with Crippen molar-refractivity contribution in [1.82, 2.24) is 0 Å². The molecule has 2 N–H and O–H groups in total. The van der Waals surface area contributed by atoms with E-state index in [1.54, 1.807) is 11.0 Å². The second-order valence-corrected chi connectivity index (χ2v) is 13.7. The molecule has 5 rings (SSSR count). The van der Waals surface area contributed by atoms with E-state index in [1.807, 2.05) is 90.4 Å². The molecule has 0 bridgehead atoms. The van der Waals surface area contributed by atoms with E-state index in [9.17, 15) is 25.9 Å². The maximum Gasteiger partial charge on any atom is 0.374 e. The van der Waals surface area contributed by atoms with Gasteiger partial charge in [0.25, 0.3) is 25.8 Å². The molecule has 1 aliphatic rings. The fourth-order valence-corrected chi connectivity index (χ4v) is 5.75. The number of rotatable bonds is 11. The maximum absolute atomic E-state index is 12.0. The second-order valence-electron chi connectivity index (χ2n) is 10.3. The Labute approximate surface area is 251 Å². The third kappa shape index (κ3) is 7.16. The van der Waals surface area contributed by atoms with E-state index in [1.165, 1.54) is 6.92 Å². The lowest BCUT2D eigenvalue weighted by Crippen LogP contribution is -2.36. The van der Waals surface area contributed by atoms with Crippen molar-refractivity contribution in [2.24, 2.45) is 0 Å². The number of ether oxygens (including phenoxy) is 1. The van der Waals surface area contributed by atoms with Crippen molar-refractivity contribution in [2.45, 2.75) is 38.5 Å². The van der Waals surface area contributed by atoms with Crippen molar-refractivity contribution in [3.05, 3.63) is 96.2 Å². The van der Waals surface area contributed by atoms with Gasteiger partial charge in [-0.15, -0.1) is 0 Å². The molecule has 1 aliphatic heterocycles. The average Bonchev–Trinajstić information content (AvgIpc) is 3.48. The van der Waals surface area contributed by atoms with Crippen LogP contribution in [0.15, 0.2) is 94.7 Å². The van der Waals surface area contributed by atoms with Gasteiger partial charge in [0, 0.05) is 25.1 Å². The Morgan fingerprint density at radius 3 is 2.40 bits per heavy atom. The highest BCUT2D eigenvalue weighted by Crippen LogP contribution is 2.42. The molecule has 0 aliphatic carbocycles. The smallest absolute Gasteiger partial charge is 0.374 e. The molecule has 1 aromatic heterocycles. The SMILES string of the molecule is CCC(/C=C1\Oc2ccc(-c3ccccc3)cc2N1CC(C)S(=O)(=O)O)=C\c1oc2ccccc2[n+]1CCCS(=O)(=O)O. The molecule has 12 heteroatoms. The molecule has 2 heterocycles. The van der Waals surface area contributed by atoms with Crippen LogP contribution in [0, 0.1) is 0 Å². The van der Waals surface area contributed by atoms with Gasteiger partial charge in [-0.3, -0.25) is 9.11 Å². The number of hydrogen-bond acceptors (Lipinski definition) is 7. The first-order valence-electron chi connectivity index (χ1n) is 13.8. The van der Waals surface area contributed by atoms with Crippen LogP contribution in [0.1, 0.15) is 32.6 Å². The Hall–Kier alpha value is -3.97. The van der Waals surface area contributed by atoms with Gasteiger partial charge >= 0.3 is 5.89 Å². The zero-order valence-corrected chi connectivity index (χ0v) is 25.4. The summed E-state index contributed by atoms with van der Waals surface area (Å²) in [5, 5.41) is -1.10. The molecule has 3 aromatic carbocycles. The van der Waals surface area contributed by atoms with Crippen molar-refractivity contribution in [2.75, 3.05) is 17.2 Å². The van der Waals surface area contributed by atoms with Gasteiger partial charge in [-0.05, 0) is 48.2 Å². The summed E-state index contributed by atoms with van der Waals surface area (Å²) in [5.74, 6) is 1.03. The number of fused-ring (bicyclic) bond motifs is 2. The van der Waals surface area contributed by atoms with Crippen LogP contribution in [0.3, 0.4) is 0 Å². The van der Waals surface area contributed by atoms with E-state index in [0.29, 0.717) is 41.8 Å². The first kappa shape index (κ1) is 30.5. The molecule has 0 radical (unpaired) electrons. The Kier molecular flexibility index (Phi) is 8.74. The molecule has 0 amide bonds. The van der Waals surface area contributed by atoms with Crippen LogP contribution in [-0.4, -0.2) is 43.5 Å². The van der Waals surface area contributed by atoms with Crippen LogP contribution in [0.5, 0.6) is 5.75 Å². The molecule has 0 saturated carbocycles. The van der Waals surface area contributed by atoms with Crippen molar-refractivity contribution in [3.63, 3.8) is 0 Å². The number of oxazole rings is 1. The van der Waals surface area contributed by atoms with Crippen molar-refractivity contribution < 1.29 is 39.7 Å². The molecule has 4 aromatic rings. The number of nitrogens with zero attached hydrogens (tertiary/aromatic N) is 2. The molecule has 10 nitrogen and oxygen atoms in total. The van der Waals surface area contributed by atoms with Gasteiger partial charge in [0.2, 0.25) is 11.5 Å². The number of hydrogen-bond donors (Lipinski definition) is 2. The van der Waals surface area contributed by atoms with Crippen molar-refractivity contribution in [3.8, 4) is 16.9 Å². The molecule has 0 fully saturated rings. The second kappa shape index (κ2) is 12.3. The number of allylic oxidation sites excluding steroid dienone is 2. The van der Waals surface area contributed by atoms with Gasteiger partial charge in [-0.2, -0.15) is 21.4 Å². The number of para-hydroxylation sites is 2. The first-order valence-corrected chi connectivity index (χ1v) is 16.9. The van der Waals surface area contributed by atoms with Crippen LogP contribution in [0.4, 0.5) is 5.69 Å². The van der Waals surface area contributed by atoms with Gasteiger partial charge in [0.05, 0.1) is 17.5 Å². The zero-order valence-electron chi connectivity index (χ0n) is 23.8. The topological polar surface area (TPSA) is 138 Å². The lowest BCUT2D eigenvalue weighted by Gasteiger charge is -2.22. The number of aryl methyl sites for hydroxylation is 1. The minimum absolute atomic E-state index is 0.0484. The lowest BCUT2D eigenvalue weighted by atomic mass is 10.0. The maximum atomic E-state index is 12.0. The van der Waals surface area contributed by atoms with Crippen LogP contribution >= 0.6 is 0 Å². The molecular formula is C31H33N2O8S2+. The molecule has 1 atom stereocenters. The summed E-state index contributed by atoms with van der Waals surface area (Å²) in [7, 11) is -8.43. The van der Waals surface area contributed by atoms with Crippen molar-refractivity contribution in [1.29, 1.82) is 0 Å². The highest BCUT2D eigenvalue weighted by Gasteiger charge is 2.32. The van der Waals surface area contributed by atoms with E-state index < -0.39 is 25.5 Å². The molecule has 1 unspecified atom stereocenters. The third-order valence-corrected chi connectivity index (χ3v) is 9.20. The van der Waals surface area contributed by atoms with E-state index in [-0.39, 0.29) is 18.7 Å². The quantitative estimate of drug-likeness (QED) is 0.164. The monoisotopic (exact) mass is 625 g/mol. The van der Waals surface area contributed by atoms with Gasteiger partial charge < -0.3 is 14.1 Å². The summed E-state index contributed by atoms with van der Waals surface area (Å²) in [5.41, 5.74) is 4.76. The Balaban J connectivity index is 1.55. The fourth-order valence-electron chi connectivity index (χ4n) is 4.92. The number of anilines is 1. The minimum atomic E-state index is -4.32. The van der Waals surface area contributed by atoms with Crippen LogP contribution in [0.2, 0.25) is 0 Å². The number of aromatic nitrogens is 1. The molecule has 0 saturated heterocycles. The van der Waals surface area contributed by atoms with Gasteiger partial charge in [-0.25, -0.2) is 0 Å². The van der Waals surface area contributed by atoms with E-state index in [2.05, 4.69) is 0 Å². The highest BCUT2D eigenvalue weighted by atomic mass is 32.2. The molecule has 43 heavy (non-hydrogen) atoms. The zero-order chi connectivity index (χ0) is 30.8. The van der Waals surface area contributed by atoms with Crippen LogP contribution in [0.25, 0.3) is 28.3 Å². The van der Waals surface area contributed by atoms with Crippen LogP contribution in [-0.2, 0) is 26.8 Å². The lowest BCUT2D eigenvalue weighted by molar-refractivity contribution is -0.677. The summed E-state index contributed by atoms with van der Waals surface area (Å²) in [6.45, 7) is 3.63. The Morgan fingerprint density at radius 2 is 1.70 bits per heavy atom. The first-order chi connectivity index (χ1) is 20.4. The summed E-state index contributed by atoms with van der Waals surface area (Å²) < 4.78 is 79.8. The van der Waals surface area contributed by atoms with Gasteiger partial charge in [-0.1, -0.05) is 55.5 Å². The van der Waals surface area contributed by atoms with E-state index in [4.69, 9.17) is 9.15 Å². The van der Waals surface area contributed by atoms with Crippen molar-refractivity contribution >= 4 is 43.1 Å². The van der Waals surface area contributed by atoms with Crippen LogP contribution < -0.4 is 14.2 Å². The Morgan fingerprint density at radius 1 is 0.977 bits per heavy atom. The summed E-state index contributed by atoms with van der Waals surface area (Å²) >= 11 is 0. The predicted molar refractivity (Wildman–Crippen MR) is 165 cm³/mol. The minimum Gasteiger partial charge on any atom is -0.439 e. The summed E-state index contributed by atoms with van der Waals surface area (Å²) in [6.07, 6.45) is 4.36.